The van der Waals surface area contributed by atoms with Crippen LogP contribution in [-0.4, -0.2) is 49.6 Å². The zero-order valence-corrected chi connectivity index (χ0v) is 17.7. The molecule has 1 saturated heterocycles. The first-order chi connectivity index (χ1) is 14.3. The van der Waals surface area contributed by atoms with Gasteiger partial charge < -0.3 is 14.0 Å². The van der Waals surface area contributed by atoms with Crippen molar-refractivity contribution in [2.45, 2.75) is 43.4 Å². The maximum Gasteiger partial charge on any atom is 0.232 e. The lowest BCUT2D eigenvalue weighted by molar-refractivity contribution is -0.129. The number of rotatable bonds is 7. The molecule has 1 aliphatic carbocycles. The molecule has 0 radical (unpaired) electrons. The second-order valence-corrected chi connectivity index (χ2v) is 9.59. The Hall–Kier alpha value is -2.13. The summed E-state index contributed by atoms with van der Waals surface area (Å²) in [5.41, 5.74) is 0.875. The van der Waals surface area contributed by atoms with Crippen LogP contribution in [0, 0.1) is 0 Å². The Morgan fingerprint density at radius 1 is 1.34 bits per heavy atom. The summed E-state index contributed by atoms with van der Waals surface area (Å²) in [6.45, 7) is 1.58. The van der Waals surface area contributed by atoms with Crippen molar-refractivity contribution in [1.29, 1.82) is 0 Å². The van der Waals surface area contributed by atoms with Gasteiger partial charge in [0.25, 0.3) is 0 Å². The van der Waals surface area contributed by atoms with Crippen LogP contribution in [0.2, 0.25) is 0 Å². The van der Waals surface area contributed by atoms with E-state index in [1.807, 2.05) is 34.8 Å². The fourth-order valence-corrected chi connectivity index (χ4v) is 5.32. The molecule has 0 spiro atoms. The molecule has 152 valence electrons. The summed E-state index contributed by atoms with van der Waals surface area (Å²) in [4.78, 5) is 15.8. The molecule has 1 unspecified atom stereocenters. The molecule has 5 rings (SSSR count). The first-order valence-corrected chi connectivity index (χ1v) is 12.1. The molecule has 0 aromatic carbocycles. The Morgan fingerprint density at radius 2 is 2.28 bits per heavy atom. The summed E-state index contributed by atoms with van der Waals surface area (Å²) < 4.78 is 7.64. The summed E-state index contributed by atoms with van der Waals surface area (Å²) >= 11 is 3.22. The molecule has 1 aliphatic heterocycles. The highest BCUT2D eigenvalue weighted by Crippen LogP contribution is 2.38. The number of thiophene rings is 1. The lowest BCUT2D eigenvalue weighted by Gasteiger charge is -2.32. The zero-order valence-electron chi connectivity index (χ0n) is 16.1. The van der Waals surface area contributed by atoms with Crippen molar-refractivity contribution in [3.05, 3.63) is 41.4 Å². The lowest BCUT2D eigenvalue weighted by Crippen LogP contribution is -2.40. The van der Waals surface area contributed by atoms with Crippen LogP contribution in [0.5, 0.6) is 0 Å². The second kappa shape index (κ2) is 8.31. The number of carbonyl (C=O) groups excluding carboxylic acids is 1. The van der Waals surface area contributed by atoms with E-state index in [0.717, 1.165) is 48.1 Å². The first kappa shape index (κ1) is 18.9. The fourth-order valence-electron chi connectivity index (χ4n) is 3.84. The molecule has 2 aliphatic rings. The minimum Gasteiger partial charge on any atom is -0.355 e. The minimum atomic E-state index is 0.194. The molecule has 0 bridgehead atoms. The van der Waals surface area contributed by atoms with E-state index in [0.29, 0.717) is 23.5 Å². The van der Waals surface area contributed by atoms with Crippen LogP contribution in [0.1, 0.15) is 49.2 Å². The molecule has 1 amide bonds. The molecule has 1 saturated carbocycles. The minimum absolute atomic E-state index is 0.194. The third-order valence-corrected chi connectivity index (χ3v) is 7.31. The van der Waals surface area contributed by atoms with Gasteiger partial charge in [-0.1, -0.05) is 11.2 Å². The monoisotopic (exact) mass is 429 g/mol. The molecule has 1 atom stereocenters. The van der Waals surface area contributed by atoms with Gasteiger partial charge in [0.15, 0.2) is 5.76 Å². The quantitative estimate of drug-likeness (QED) is 0.566. The number of piperidine rings is 1. The Morgan fingerprint density at radius 3 is 3.10 bits per heavy atom. The number of thioether (sulfide) groups is 1. The maximum absolute atomic E-state index is 12.7. The molecular formula is C20H23N5O2S2. The largest absolute Gasteiger partial charge is 0.355 e. The summed E-state index contributed by atoms with van der Waals surface area (Å²) in [6.07, 6.45) is 6.38. The van der Waals surface area contributed by atoms with Crippen molar-refractivity contribution < 1.29 is 9.32 Å². The van der Waals surface area contributed by atoms with Gasteiger partial charge in [-0.2, -0.15) is 0 Å². The molecule has 7 nitrogen and oxygen atoms in total. The lowest BCUT2D eigenvalue weighted by atomic mass is 9.97. The van der Waals surface area contributed by atoms with E-state index < -0.39 is 0 Å². The van der Waals surface area contributed by atoms with Gasteiger partial charge in [-0.3, -0.25) is 4.79 Å². The van der Waals surface area contributed by atoms with Crippen LogP contribution in [0.3, 0.4) is 0 Å². The molecule has 3 aromatic heterocycles. The number of nitrogens with zero attached hydrogens (tertiary/aromatic N) is 5. The smallest absolute Gasteiger partial charge is 0.232 e. The van der Waals surface area contributed by atoms with Gasteiger partial charge in [-0.15, -0.1) is 33.3 Å². The van der Waals surface area contributed by atoms with E-state index in [2.05, 4.69) is 19.9 Å². The standard InChI is InChI=1S/C20H23N5O2S2/c26-19(12-28-11-15-9-17(27-23-15)18-4-2-8-29-18)24-7-1-3-14(10-24)20-22-21-13-25(20)16-5-6-16/h2,4,8-9,13-14,16H,1,3,5-7,10-12H2. The highest BCUT2D eigenvalue weighted by Gasteiger charge is 2.32. The highest BCUT2D eigenvalue weighted by atomic mass is 32.2. The van der Waals surface area contributed by atoms with Crippen molar-refractivity contribution in [2.75, 3.05) is 18.8 Å². The van der Waals surface area contributed by atoms with Crippen LogP contribution in [0.15, 0.2) is 34.4 Å². The van der Waals surface area contributed by atoms with Crippen molar-refractivity contribution in [3.63, 3.8) is 0 Å². The molecular weight excluding hydrogens is 406 g/mol. The van der Waals surface area contributed by atoms with Crippen molar-refractivity contribution in [3.8, 4) is 10.6 Å². The summed E-state index contributed by atoms with van der Waals surface area (Å²) in [6, 6.07) is 6.55. The fraction of sp³-hybridized carbons (Fsp3) is 0.500. The second-order valence-electron chi connectivity index (χ2n) is 7.66. The van der Waals surface area contributed by atoms with Gasteiger partial charge in [-0.25, -0.2) is 0 Å². The van der Waals surface area contributed by atoms with Gasteiger partial charge >= 0.3 is 0 Å². The van der Waals surface area contributed by atoms with E-state index >= 15 is 0 Å². The van der Waals surface area contributed by atoms with Gasteiger partial charge in [0.1, 0.15) is 12.2 Å². The van der Waals surface area contributed by atoms with E-state index in [9.17, 15) is 4.79 Å². The average molecular weight is 430 g/mol. The highest BCUT2D eigenvalue weighted by molar-refractivity contribution is 7.99. The van der Waals surface area contributed by atoms with Crippen molar-refractivity contribution in [2.24, 2.45) is 0 Å². The third-order valence-electron chi connectivity index (χ3n) is 5.48. The Kier molecular flexibility index (Phi) is 5.41. The molecule has 9 heteroatoms. The van der Waals surface area contributed by atoms with Gasteiger partial charge in [0.2, 0.25) is 5.91 Å². The zero-order chi connectivity index (χ0) is 19.6. The summed E-state index contributed by atoms with van der Waals surface area (Å²) in [5, 5.41) is 14.6. The predicted molar refractivity (Wildman–Crippen MR) is 113 cm³/mol. The predicted octanol–water partition coefficient (Wildman–Crippen LogP) is 3.97. The average Bonchev–Trinajstić information content (AvgIpc) is 3.18. The van der Waals surface area contributed by atoms with E-state index in [4.69, 9.17) is 4.52 Å². The number of amides is 1. The van der Waals surface area contributed by atoms with E-state index in [-0.39, 0.29) is 5.91 Å². The van der Waals surface area contributed by atoms with Crippen molar-refractivity contribution >= 4 is 29.0 Å². The SMILES string of the molecule is O=C(CSCc1cc(-c2cccs2)on1)N1CCCC(c2nncn2C2CC2)C1. The van der Waals surface area contributed by atoms with E-state index in [1.54, 1.807) is 23.1 Å². The Balaban J connectivity index is 1.13. The topological polar surface area (TPSA) is 77.1 Å². The number of likely N-dealkylation sites (tertiary alicyclic amines) is 1. The number of hydrogen-bond acceptors (Lipinski definition) is 7. The van der Waals surface area contributed by atoms with Gasteiger partial charge in [-0.05, 0) is 37.1 Å². The van der Waals surface area contributed by atoms with Crippen LogP contribution in [0.4, 0.5) is 0 Å². The summed E-state index contributed by atoms with van der Waals surface area (Å²) in [7, 11) is 0. The molecule has 0 N–H and O–H groups in total. The van der Waals surface area contributed by atoms with Crippen LogP contribution >= 0.6 is 23.1 Å². The summed E-state index contributed by atoms with van der Waals surface area (Å²) in [5.74, 6) is 3.47. The molecule has 29 heavy (non-hydrogen) atoms. The van der Waals surface area contributed by atoms with Crippen molar-refractivity contribution in [1.82, 2.24) is 24.8 Å². The molecule has 2 fully saturated rings. The first-order valence-electron chi connectivity index (χ1n) is 10.0. The molecule has 3 aromatic rings. The van der Waals surface area contributed by atoms with Crippen LogP contribution in [-0.2, 0) is 10.5 Å². The molecule has 4 heterocycles. The maximum atomic E-state index is 12.7. The normalized spacial score (nSPS) is 19.6. The Bertz CT molecular complexity index is 963. The van der Waals surface area contributed by atoms with Crippen LogP contribution < -0.4 is 0 Å². The number of aromatic nitrogens is 4. The van der Waals surface area contributed by atoms with E-state index in [1.165, 1.54) is 12.8 Å². The van der Waals surface area contributed by atoms with Gasteiger partial charge in [0, 0.05) is 36.9 Å². The Labute approximate surface area is 177 Å². The number of carbonyl (C=O) groups is 1. The number of hydrogen-bond donors (Lipinski definition) is 0. The third kappa shape index (κ3) is 4.25. The van der Waals surface area contributed by atoms with Crippen LogP contribution in [0.25, 0.3) is 10.6 Å². The van der Waals surface area contributed by atoms with Gasteiger partial charge in [0.05, 0.1) is 16.3 Å².